The van der Waals surface area contributed by atoms with E-state index in [4.69, 9.17) is 16.9 Å². The molecule has 66 valence electrons. The van der Waals surface area contributed by atoms with Gasteiger partial charge in [-0.2, -0.15) is 5.26 Å². The van der Waals surface area contributed by atoms with Crippen LogP contribution in [0.25, 0.3) is 0 Å². The van der Waals surface area contributed by atoms with E-state index in [0.29, 0.717) is 20.6 Å². The van der Waals surface area contributed by atoms with Crippen molar-refractivity contribution >= 4 is 33.3 Å². The first-order valence-electron chi connectivity index (χ1n) is 3.46. The number of halogens is 2. The van der Waals surface area contributed by atoms with Gasteiger partial charge in [0.05, 0.1) is 16.7 Å². The maximum absolute atomic E-state index is 11.1. The second-order valence-electron chi connectivity index (χ2n) is 2.49. The molecule has 0 atom stereocenters. The standard InChI is InChI=1S/C9H5BrClNO/c1-5(13)7-2-6(4-12)3-8(10)9(7)11/h2-3H,1H3. The van der Waals surface area contributed by atoms with E-state index in [1.165, 1.54) is 13.0 Å². The number of hydrogen-bond donors (Lipinski definition) is 0. The molecule has 0 aliphatic carbocycles. The van der Waals surface area contributed by atoms with Gasteiger partial charge in [-0.1, -0.05) is 11.6 Å². The second-order valence-corrected chi connectivity index (χ2v) is 3.72. The van der Waals surface area contributed by atoms with Crippen LogP contribution in [-0.4, -0.2) is 5.78 Å². The van der Waals surface area contributed by atoms with E-state index in [1.54, 1.807) is 6.07 Å². The highest BCUT2D eigenvalue weighted by atomic mass is 79.9. The van der Waals surface area contributed by atoms with Gasteiger partial charge in [-0.05, 0) is 35.0 Å². The van der Waals surface area contributed by atoms with Crippen LogP contribution >= 0.6 is 27.5 Å². The lowest BCUT2D eigenvalue weighted by molar-refractivity contribution is 0.101. The van der Waals surface area contributed by atoms with Crippen molar-refractivity contribution < 1.29 is 4.79 Å². The van der Waals surface area contributed by atoms with E-state index in [9.17, 15) is 4.79 Å². The highest BCUT2D eigenvalue weighted by molar-refractivity contribution is 9.10. The zero-order valence-corrected chi connectivity index (χ0v) is 9.11. The van der Waals surface area contributed by atoms with Crippen molar-refractivity contribution in [1.29, 1.82) is 5.26 Å². The number of ketones is 1. The smallest absolute Gasteiger partial charge is 0.161 e. The third kappa shape index (κ3) is 2.09. The van der Waals surface area contributed by atoms with Crippen molar-refractivity contribution in [3.8, 4) is 6.07 Å². The zero-order valence-electron chi connectivity index (χ0n) is 6.77. The Kier molecular flexibility index (Phi) is 3.07. The normalized spacial score (nSPS) is 9.38. The van der Waals surface area contributed by atoms with Gasteiger partial charge in [-0.15, -0.1) is 0 Å². The molecular formula is C9H5BrClNO. The fourth-order valence-corrected chi connectivity index (χ4v) is 1.61. The van der Waals surface area contributed by atoms with Crippen molar-refractivity contribution in [2.24, 2.45) is 0 Å². The fraction of sp³-hybridized carbons (Fsp3) is 0.111. The summed E-state index contributed by atoms with van der Waals surface area (Å²) in [5.74, 6) is -0.150. The molecule has 0 fully saturated rings. The van der Waals surface area contributed by atoms with E-state index < -0.39 is 0 Å². The minimum atomic E-state index is -0.150. The van der Waals surface area contributed by atoms with Gasteiger partial charge in [0.2, 0.25) is 0 Å². The molecule has 0 N–H and O–H groups in total. The lowest BCUT2D eigenvalue weighted by Gasteiger charge is -2.02. The van der Waals surface area contributed by atoms with Crippen molar-refractivity contribution in [2.75, 3.05) is 0 Å². The molecule has 2 nitrogen and oxygen atoms in total. The largest absolute Gasteiger partial charge is 0.294 e. The molecule has 4 heteroatoms. The van der Waals surface area contributed by atoms with E-state index >= 15 is 0 Å². The molecule has 0 saturated heterocycles. The van der Waals surface area contributed by atoms with Gasteiger partial charge in [0.25, 0.3) is 0 Å². The van der Waals surface area contributed by atoms with Crippen LogP contribution in [0.5, 0.6) is 0 Å². The summed E-state index contributed by atoms with van der Waals surface area (Å²) in [6.45, 7) is 1.41. The monoisotopic (exact) mass is 257 g/mol. The van der Waals surface area contributed by atoms with Crippen molar-refractivity contribution in [2.45, 2.75) is 6.92 Å². The number of nitrogens with zero attached hydrogens (tertiary/aromatic N) is 1. The summed E-state index contributed by atoms with van der Waals surface area (Å²) in [4.78, 5) is 11.1. The van der Waals surface area contributed by atoms with Gasteiger partial charge in [0.15, 0.2) is 5.78 Å². The summed E-state index contributed by atoms with van der Waals surface area (Å²) >= 11 is 9.01. The predicted molar refractivity (Wildman–Crippen MR) is 53.9 cm³/mol. The van der Waals surface area contributed by atoms with Crippen LogP contribution in [0.4, 0.5) is 0 Å². The van der Waals surface area contributed by atoms with Crippen LogP contribution in [0.2, 0.25) is 5.02 Å². The second kappa shape index (κ2) is 3.91. The highest BCUT2D eigenvalue weighted by Crippen LogP contribution is 2.28. The van der Waals surface area contributed by atoms with Gasteiger partial charge in [0, 0.05) is 10.0 Å². The summed E-state index contributed by atoms with van der Waals surface area (Å²) < 4.78 is 0.568. The Hall–Kier alpha value is -0.850. The van der Waals surface area contributed by atoms with Gasteiger partial charge in [-0.3, -0.25) is 4.79 Å². The number of carbonyl (C=O) groups excluding carboxylic acids is 1. The zero-order chi connectivity index (χ0) is 10.0. The number of hydrogen-bond acceptors (Lipinski definition) is 2. The topological polar surface area (TPSA) is 40.9 Å². The number of Topliss-reactive ketones (excluding diaryl/α,β-unsaturated/α-hetero) is 1. The molecule has 0 unspecified atom stereocenters. The first-order valence-corrected chi connectivity index (χ1v) is 4.63. The molecule has 1 rings (SSSR count). The maximum atomic E-state index is 11.1. The van der Waals surface area contributed by atoms with Crippen LogP contribution in [0, 0.1) is 11.3 Å². The molecular weight excluding hydrogens is 253 g/mol. The van der Waals surface area contributed by atoms with Crippen LogP contribution in [0.3, 0.4) is 0 Å². The molecule has 1 aromatic rings. The quantitative estimate of drug-likeness (QED) is 0.726. The minimum Gasteiger partial charge on any atom is -0.294 e. The van der Waals surface area contributed by atoms with E-state index in [0.717, 1.165) is 0 Å². The third-order valence-corrected chi connectivity index (χ3v) is 2.80. The summed E-state index contributed by atoms with van der Waals surface area (Å²) in [5, 5.41) is 8.99. The van der Waals surface area contributed by atoms with E-state index in [1.807, 2.05) is 6.07 Å². The Labute approximate surface area is 89.3 Å². The highest BCUT2D eigenvalue weighted by Gasteiger charge is 2.10. The third-order valence-electron chi connectivity index (χ3n) is 1.54. The molecule has 0 radical (unpaired) electrons. The average molecular weight is 259 g/mol. The number of nitriles is 1. The molecule has 0 spiro atoms. The van der Waals surface area contributed by atoms with Crippen LogP contribution in [0.15, 0.2) is 16.6 Å². The number of benzene rings is 1. The number of rotatable bonds is 1. The Balaban J connectivity index is 3.44. The number of carbonyl (C=O) groups is 1. The minimum absolute atomic E-state index is 0.150. The van der Waals surface area contributed by atoms with Crippen LogP contribution in [-0.2, 0) is 0 Å². The molecule has 0 aromatic heterocycles. The molecule has 0 amide bonds. The summed E-state index contributed by atoms with van der Waals surface area (Å²) in [6.07, 6.45) is 0. The van der Waals surface area contributed by atoms with Crippen molar-refractivity contribution in [3.05, 3.63) is 32.8 Å². The fourth-order valence-electron chi connectivity index (χ4n) is 0.910. The predicted octanol–water partition coefficient (Wildman–Crippen LogP) is 3.18. The lowest BCUT2D eigenvalue weighted by atomic mass is 10.1. The van der Waals surface area contributed by atoms with Crippen LogP contribution in [0.1, 0.15) is 22.8 Å². The Bertz CT molecular complexity index is 409. The Morgan fingerprint density at radius 3 is 2.69 bits per heavy atom. The lowest BCUT2D eigenvalue weighted by Crippen LogP contribution is -1.95. The molecule has 0 aliphatic heterocycles. The maximum Gasteiger partial charge on any atom is 0.161 e. The molecule has 0 bridgehead atoms. The van der Waals surface area contributed by atoms with E-state index in [-0.39, 0.29) is 5.78 Å². The van der Waals surface area contributed by atoms with Gasteiger partial charge in [-0.25, -0.2) is 0 Å². The van der Waals surface area contributed by atoms with Crippen LogP contribution < -0.4 is 0 Å². The van der Waals surface area contributed by atoms with Gasteiger partial charge in [0.1, 0.15) is 0 Å². The van der Waals surface area contributed by atoms with Gasteiger partial charge < -0.3 is 0 Å². The molecule has 0 saturated carbocycles. The van der Waals surface area contributed by atoms with E-state index in [2.05, 4.69) is 15.9 Å². The van der Waals surface area contributed by atoms with Gasteiger partial charge >= 0.3 is 0 Å². The Morgan fingerprint density at radius 1 is 1.62 bits per heavy atom. The molecule has 1 aromatic carbocycles. The summed E-state index contributed by atoms with van der Waals surface area (Å²) in [7, 11) is 0. The summed E-state index contributed by atoms with van der Waals surface area (Å²) in [6, 6.07) is 5.01. The molecule has 13 heavy (non-hydrogen) atoms. The Morgan fingerprint density at radius 2 is 2.23 bits per heavy atom. The summed E-state index contributed by atoms with van der Waals surface area (Å²) in [5.41, 5.74) is 0.786. The van der Waals surface area contributed by atoms with Crippen molar-refractivity contribution in [1.82, 2.24) is 0 Å². The first kappa shape index (κ1) is 10.2. The SMILES string of the molecule is CC(=O)c1cc(C#N)cc(Br)c1Cl. The van der Waals surface area contributed by atoms with Crippen molar-refractivity contribution in [3.63, 3.8) is 0 Å². The molecule has 0 aliphatic rings. The first-order chi connectivity index (χ1) is 6.06. The average Bonchev–Trinajstić information content (AvgIpc) is 2.09. The molecule has 0 heterocycles.